The van der Waals surface area contributed by atoms with Crippen LogP contribution in [0.1, 0.15) is 39.0 Å². The molecule has 3 aromatic heterocycles. The van der Waals surface area contributed by atoms with Gasteiger partial charge in [0, 0.05) is 48.3 Å². The van der Waals surface area contributed by atoms with E-state index in [4.69, 9.17) is 4.52 Å². The van der Waals surface area contributed by atoms with Gasteiger partial charge < -0.3 is 19.7 Å². The average molecular weight is 493 g/mol. The molecule has 4 rings (SSSR count). The van der Waals surface area contributed by atoms with E-state index in [2.05, 4.69) is 26.1 Å². The number of benzene rings is 1. The molecule has 0 bridgehead atoms. The van der Waals surface area contributed by atoms with Gasteiger partial charge in [-0.2, -0.15) is 0 Å². The monoisotopic (exact) mass is 492 g/mol. The maximum Gasteiger partial charge on any atom is 0.326 e. The van der Waals surface area contributed by atoms with Crippen molar-refractivity contribution < 1.29 is 13.7 Å². The SMILES string of the molecule is CCn1c(=O)c(-c2cc(NC(=O)Nc3cc(C(C)(C)C)no3)c(F)cc2C)cc2cnc(NC)cc21. The van der Waals surface area contributed by atoms with Gasteiger partial charge in [0.1, 0.15) is 11.6 Å². The standard InChI is InChI=1S/C26H29FN6O3/c1-7-33-20-11-22(28-6)29-13-15(20)9-17(24(33)34)16-10-19(18(27)8-14(16)2)30-25(35)31-23-12-21(32-36-23)26(3,4)5/h8-13H,7H2,1-6H3,(H,28,29)(H2,30,31,35). The van der Waals surface area contributed by atoms with E-state index in [9.17, 15) is 14.0 Å². The molecule has 10 heteroatoms. The molecule has 3 N–H and O–H groups in total. The molecule has 4 aromatic rings. The Morgan fingerprint density at radius 3 is 2.50 bits per heavy atom. The van der Waals surface area contributed by atoms with Crippen LogP contribution >= 0.6 is 0 Å². The third kappa shape index (κ3) is 4.79. The first-order valence-electron chi connectivity index (χ1n) is 11.6. The van der Waals surface area contributed by atoms with Crippen LogP contribution in [0.25, 0.3) is 22.0 Å². The maximum absolute atomic E-state index is 14.8. The van der Waals surface area contributed by atoms with Crippen molar-refractivity contribution >= 4 is 34.3 Å². The summed E-state index contributed by atoms with van der Waals surface area (Å²) in [7, 11) is 1.76. The molecular weight excluding hydrogens is 463 g/mol. The van der Waals surface area contributed by atoms with E-state index in [1.165, 1.54) is 12.1 Å². The molecule has 0 aliphatic carbocycles. The lowest BCUT2D eigenvalue weighted by molar-refractivity contribution is 0.261. The predicted molar refractivity (Wildman–Crippen MR) is 139 cm³/mol. The van der Waals surface area contributed by atoms with Gasteiger partial charge in [0.15, 0.2) is 0 Å². The van der Waals surface area contributed by atoms with Gasteiger partial charge in [-0.1, -0.05) is 25.9 Å². The van der Waals surface area contributed by atoms with Gasteiger partial charge in [-0.3, -0.25) is 10.1 Å². The van der Waals surface area contributed by atoms with Crippen LogP contribution < -0.4 is 21.5 Å². The van der Waals surface area contributed by atoms with Gasteiger partial charge in [-0.05, 0) is 43.2 Å². The van der Waals surface area contributed by atoms with Gasteiger partial charge in [0.2, 0.25) is 5.88 Å². The maximum atomic E-state index is 14.8. The van der Waals surface area contributed by atoms with Crippen LogP contribution in [0.2, 0.25) is 0 Å². The first kappa shape index (κ1) is 24.9. The summed E-state index contributed by atoms with van der Waals surface area (Å²) in [5, 5.41) is 12.7. The van der Waals surface area contributed by atoms with E-state index in [1.807, 2.05) is 33.8 Å². The number of hydrogen-bond donors (Lipinski definition) is 3. The summed E-state index contributed by atoms with van der Waals surface area (Å²) in [5.74, 6) is 0.156. The molecule has 0 saturated carbocycles. The Hall–Kier alpha value is -4.21. The Morgan fingerprint density at radius 1 is 1.11 bits per heavy atom. The quantitative estimate of drug-likeness (QED) is 0.339. The number of amides is 2. The topological polar surface area (TPSA) is 114 Å². The largest absolute Gasteiger partial charge is 0.373 e. The second kappa shape index (κ2) is 9.44. The number of aromatic nitrogens is 3. The zero-order valence-corrected chi connectivity index (χ0v) is 21.1. The number of anilines is 3. The van der Waals surface area contributed by atoms with Crippen LogP contribution in [0.4, 0.5) is 26.6 Å². The Morgan fingerprint density at radius 2 is 1.86 bits per heavy atom. The molecule has 9 nitrogen and oxygen atoms in total. The Bertz CT molecular complexity index is 1520. The van der Waals surface area contributed by atoms with Crippen LogP contribution in [-0.4, -0.2) is 27.8 Å². The normalized spacial score (nSPS) is 11.5. The number of halogens is 1. The van der Waals surface area contributed by atoms with Crippen LogP contribution in [0.3, 0.4) is 0 Å². The first-order chi connectivity index (χ1) is 17.0. The minimum Gasteiger partial charge on any atom is -0.373 e. The van der Waals surface area contributed by atoms with Crippen molar-refractivity contribution in [1.29, 1.82) is 0 Å². The van der Waals surface area contributed by atoms with Gasteiger partial charge in [0.25, 0.3) is 5.56 Å². The number of fused-ring (bicyclic) bond motifs is 1. The molecule has 0 fully saturated rings. The molecule has 2 amide bonds. The second-order valence-corrected chi connectivity index (χ2v) is 9.54. The zero-order chi connectivity index (χ0) is 26.2. The Labute approximate surface area is 207 Å². The highest BCUT2D eigenvalue weighted by atomic mass is 19.1. The molecule has 188 valence electrons. The molecule has 1 aromatic carbocycles. The summed E-state index contributed by atoms with van der Waals surface area (Å²) in [6, 6.07) is 7.22. The highest BCUT2D eigenvalue weighted by Gasteiger charge is 2.21. The van der Waals surface area contributed by atoms with Crippen LogP contribution in [0, 0.1) is 12.7 Å². The zero-order valence-electron chi connectivity index (χ0n) is 21.1. The molecule has 0 aliphatic rings. The lowest BCUT2D eigenvalue weighted by Gasteiger charge is -2.15. The summed E-state index contributed by atoms with van der Waals surface area (Å²) >= 11 is 0. The highest BCUT2D eigenvalue weighted by molar-refractivity contribution is 5.99. The number of aryl methyl sites for hydroxylation is 2. The number of nitrogens with zero attached hydrogens (tertiary/aromatic N) is 3. The summed E-state index contributed by atoms with van der Waals surface area (Å²) in [6.45, 7) is 9.94. The number of pyridine rings is 2. The summed E-state index contributed by atoms with van der Waals surface area (Å²) in [6.07, 6.45) is 1.69. The second-order valence-electron chi connectivity index (χ2n) is 9.54. The van der Waals surface area contributed by atoms with E-state index in [1.54, 1.807) is 36.9 Å². The van der Waals surface area contributed by atoms with Gasteiger partial charge in [-0.25, -0.2) is 14.2 Å². The molecule has 0 unspecified atom stereocenters. The van der Waals surface area contributed by atoms with Crippen molar-refractivity contribution in [1.82, 2.24) is 14.7 Å². The van der Waals surface area contributed by atoms with Crippen molar-refractivity contribution in [2.24, 2.45) is 0 Å². The smallest absolute Gasteiger partial charge is 0.326 e. The van der Waals surface area contributed by atoms with E-state index in [0.717, 1.165) is 10.9 Å². The number of hydrogen-bond acceptors (Lipinski definition) is 6. The fourth-order valence-electron chi connectivity index (χ4n) is 3.93. The summed E-state index contributed by atoms with van der Waals surface area (Å²) in [4.78, 5) is 30.3. The molecular formula is C26H29FN6O3. The fourth-order valence-corrected chi connectivity index (χ4v) is 3.93. The number of carbonyl (C=O) groups excluding carboxylic acids is 1. The predicted octanol–water partition coefficient (Wildman–Crippen LogP) is 5.50. The molecule has 0 atom stereocenters. The minimum absolute atomic E-state index is 0.0742. The lowest BCUT2D eigenvalue weighted by atomic mass is 9.92. The molecule has 3 heterocycles. The summed E-state index contributed by atoms with van der Waals surface area (Å²) < 4.78 is 21.6. The molecule has 0 saturated heterocycles. The van der Waals surface area contributed by atoms with Gasteiger partial charge >= 0.3 is 6.03 Å². The highest BCUT2D eigenvalue weighted by Crippen LogP contribution is 2.30. The van der Waals surface area contributed by atoms with Crippen molar-refractivity contribution in [3.63, 3.8) is 0 Å². The van der Waals surface area contributed by atoms with E-state index < -0.39 is 11.8 Å². The molecule has 0 spiro atoms. The van der Waals surface area contributed by atoms with E-state index in [-0.39, 0.29) is 22.5 Å². The molecule has 0 aliphatic heterocycles. The number of nitrogens with one attached hydrogen (secondary N) is 3. The van der Waals surface area contributed by atoms with Crippen molar-refractivity contribution in [3.8, 4) is 11.1 Å². The Kier molecular flexibility index (Phi) is 6.53. The van der Waals surface area contributed by atoms with Gasteiger partial charge in [0.05, 0.1) is 16.9 Å². The Balaban J connectivity index is 1.70. The van der Waals surface area contributed by atoms with Crippen LogP contribution in [0.5, 0.6) is 0 Å². The third-order valence-corrected chi connectivity index (χ3v) is 5.92. The van der Waals surface area contributed by atoms with E-state index in [0.29, 0.717) is 34.7 Å². The number of urea groups is 1. The minimum atomic E-state index is -0.700. The van der Waals surface area contributed by atoms with Crippen molar-refractivity contribution in [3.05, 3.63) is 64.0 Å². The molecule has 36 heavy (non-hydrogen) atoms. The number of carbonyl (C=O) groups is 1. The van der Waals surface area contributed by atoms with E-state index >= 15 is 0 Å². The average Bonchev–Trinajstić information content (AvgIpc) is 3.29. The fraction of sp³-hybridized carbons (Fsp3) is 0.308. The third-order valence-electron chi connectivity index (χ3n) is 5.92. The molecule has 0 radical (unpaired) electrons. The van der Waals surface area contributed by atoms with Crippen molar-refractivity contribution in [2.45, 2.75) is 46.6 Å². The van der Waals surface area contributed by atoms with Crippen molar-refractivity contribution in [2.75, 3.05) is 23.0 Å². The lowest BCUT2D eigenvalue weighted by Crippen LogP contribution is -2.22. The van der Waals surface area contributed by atoms with Crippen LogP contribution in [0.15, 0.2) is 45.8 Å². The van der Waals surface area contributed by atoms with Gasteiger partial charge in [-0.15, -0.1) is 0 Å². The summed E-state index contributed by atoms with van der Waals surface area (Å²) in [5.41, 5.74) is 2.30. The first-order valence-corrected chi connectivity index (χ1v) is 11.6. The number of rotatable bonds is 5. The van der Waals surface area contributed by atoms with Crippen LogP contribution in [-0.2, 0) is 12.0 Å².